The fourth-order valence-electron chi connectivity index (χ4n) is 2.23. The summed E-state index contributed by atoms with van der Waals surface area (Å²) in [5, 5.41) is 15.6. The van der Waals surface area contributed by atoms with Crippen molar-refractivity contribution < 1.29 is 4.74 Å². The van der Waals surface area contributed by atoms with Gasteiger partial charge in [-0.05, 0) is 38.0 Å². The van der Waals surface area contributed by atoms with Crippen LogP contribution < -0.4 is 10.6 Å². The summed E-state index contributed by atoms with van der Waals surface area (Å²) >= 11 is 5.93. The Morgan fingerprint density at radius 3 is 2.65 bits per heavy atom. The monoisotopic (exact) mass is 378 g/mol. The first-order valence-electron chi connectivity index (χ1n) is 8.79. The number of aryl methyl sites for hydroxylation is 1. The number of nitrogens with one attached hydrogen (secondary N) is 2. The van der Waals surface area contributed by atoms with Gasteiger partial charge in [0.15, 0.2) is 11.8 Å². The Morgan fingerprint density at radius 1 is 1.23 bits per heavy atom. The Balaban J connectivity index is 1.94. The molecule has 1 heterocycles. The lowest BCUT2D eigenvalue weighted by Crippen LogP contribution is -2.38. The Hall–Kier alpha value is -2.12. The molecular weight excluding hydrogens is 352 g/mol. The van der Waals surface area contributed by atoms with Crippen LogP contribution in [0, 0.1) is 6.92 Å². The summed E-state index contributed by atoms with van der Waals surface area (Å²) in [7, 11) is 1.95. The van der Waals surface area contributed by atoms with Gasteiger partial charge in [-0.25, -0.2) is 4.99 Å². The highest BCUT2D eigenvalue weighted by atomic mass is 35.5. The van der Waals surface area contributed by atoms with Crippen molar-refractivity contribution in [2.75, 3.05) is 19.8 Å². The molecule has 2 rings (SSSR count). The van der Waals surface area contributed by atoms with Gasteiger partial charge in [-0.15, -0.1) is 10.2 Å². The van der Waals surface area contributed by atoms with Crippen LogP contribution in [0.4, 0.5) is 0 Å². The van der Waals surface area contributed by atoms with E-state index in [1.165, 1.54) is 0 Å². The standard InChI is InChI=1S/C18H27ClN6O/c1-4-26-11-5-10-20-18(21-12-15-6-8-16(19)9-7-15)22-13-17-24-23-14(2)25(17)3/h6-9H,4-5,10-13H2,1-3H3,(H2,20,21,22). The SMILES string of the molecule is CCOCCCNC(=NCc1ccc(Cl)cc1)NCc1nnc(C)n1C. The molecule has 0 amide bonds. The summed E-state index contributed by atoms with van der Waals surface area (Å²) in [5.41, 5.74) is 1.10. The zero-order valence-electron chi connectivity index (χ0n) is 15.6. The number of ether oxygens (including phenoxy) is 1. The molecule has 0 aliphatic heterocycles. The second-order valence-corrected chi connectivity index (χ2v) is 6.28. The molecule has 7 nitrogen and oxygen atoms in total. The van der Waals surface area contributed by atoms with E-state index in [2.05, 4.69) is 25.8 Å². The molecule has 0 atom stereocenters. The predicted octanol–water partition coefficient (Wildman–Crippen LogP) is 2.44. The fourth-order valence-corrected chi connectivity index (χ4v) is 2.35. The molecule has 0 saturated carbocycles. The van der Waals surface area contributed by atoms with Crippen molar-refractivity contribution in [1.29, 1.82) is 0 Å². The first-order valence-corrected chi connectivity index (χ1v) is 9.17. The van der Waals surface area contributed by atoms with Gasteiger partial charge in [-0.3, -0.25) is 0 Å². The van der Waals surface area contributed by atoms with Gasteiger partial charge in [0.1, 0.15) is 5.82 Å². The van der Waals surface area contributed by atoms with E-state index in [0.29, 0.717) is 13.1 Å². The van der Waals surface area contributed by atoms with Crippen molar-refractivity contribution in [1.82, 2.24) is 25.4 Å². The number of benzene rings is 1. The van der Waals surface area contributed by atoms with Gasteiger partial charge in [0.25, 0.3) is 0 Å². The van der Waals surface area contributed by atoms with E-state index in [1.54, 1.807) is 0 Å². The van der Waals surface area contributed by atoms with Gasteiger partial charge >= 0.3 is 0 Å². The van der Waals surface area contributed by atoms with E-state index in [-0.39, 0.29) is 0 Å². The summed E-state index contributed by atoms with van der Waals surface area (Å²) < 4.78 is 7.33. The number of aromatic nitrogens is 3. The highest BCUT2D eigenvalue weighted by Gasteiger charge is 2.06. The summed E-state index contributed by atoms with van der Waals surface area (Å²) in [6.07, 6.45) is 0.915. The van der Waals surface area contributed by atoms with Gasteiger partial charge in [0.05, 0.1) is 13.1 Å². The number of nitrogens with zero attached hydrogens (tertiary/aromatic N) is 4. The Bertz CT molecular complexity index is 698. The van der Waals surface area contributed by atoms with Crippen LogP contribution in [0.15, 0.2) is 29.3 Å². The first kappa shape index (κ1) is 20.2. The van der Waals surface area contributed by atoms with Crippen molar-refractivity contribution in [3.63, 3.8) is 0 Å². The van der Waals surface area contributed by atoms with E-state index in [0.717, 1.165) is 54.4 Å². The minimum absolute atomic E-state index is 0.551. The molecule has 142 valence electrons. The Morgan fingerprint density at radius 2 is 2.00 bits per heavy atom. The smallest absolute Gasteiger partial charge is 0.191 e. The van der Waals surface area contributed by atoms with E-state index in [4.69, 9.17) is 16.3 Å². The quantitative estimate of drug-likeness (QED) is 0.398. The van der Waals surface area contributed by atoms with Crippen molar-refractivity contribution in [3.8, 4) is 0 Å². The number of guanidine groups is 1. The van der Waals surface area contributed by atoms with E-state index in [1.807, 2.05) is 49.7 Å². The summed E-state index contributed by atoms with van der Waals surface area (Å²) in [5.74, 6) is 2.47. The first-order chi connectivity index (χ1) is 12.6. The number of hydrogen-bond donors (Lipinski definition) is 2. The third kappa shape index (κ3) is 6.65. The molecule has 2 N–H and O–H groups in total. The van der Waals surface area contributed by atoms with Crippen LogP contribution in [-0.2, 0) is 24.9 Å². The van der Waals surface area contributed by atoms with Crippen molar-refractivity contribution in [3.05, 3.63) is 46.5 Å². The molecule has 0 spiro atoms. The van der Waals surface area contributed by atoms with Crippen molar-refractivity contribution >= 4 is 17.6 Å². The second-order valence-electron chi connectivity index (χ2n) is 5.84. The molecule has 8 heteroatoms. The van der Waals surface area contributed by atoms with Gasteiger partial charge in [0, 0.05) is 31.8 Å². The van der Waals surface area contributed by atoms with Crippen LogP contribution in [-0.4, -0.2) is 40.5 Å². The Labute approximate surface area is 159 Å². The normalized spacial score (nSPS) is 11.6. The van der Waals surface area contributed by atoms with Crippen LogP contribution in [0.3, 0.4) is 0 Å². The summed E-state index contributed by atoms with van der Waals surface area (Å²) in [6.45, 7) is 7.29. The van der Waals surface area contributed by atoms with E-state index in [9.17, 15) is 0 Å². The van der Waals surface area contributed by atoms with Gasteiger partial charge < -0.3 is 19.9 Å². The lowest BCUT2D eigenvalue weighted by Gasteiger charge is -2.12. The number of halogens is 1. The summed E-state index contributed by atoms with van der Waals surface area (Å²) in [6, 6.07) is 7.70. The molecule has 26 heavy (non-hydrogen) atoms. The van der Waals surface area contributed by atoms with Gasteiger partial charge in [-0.1, -0.05) is 23.7 Å². The lowest BCUT2D eigenvalue weighted by molar-refractivity contribution is 0.145. The molecule has 0 bridgehead atoms. The van der Waals surface area contributed by atoms with Crippen molar-refractivity contribution in [2.24, 2.45) is 12.0 Å². The van der Waals surface area contributed by atoms with Gasteiger partial charge in [-0.2, -0.15) is 0 Å². The molecule has 0 saturated heterocycles. The number of hydrogen-bond acceptors (Lipinski definition) is 4. The average Bonchev–Trinajstić information content (AvgIpc) is 2.96. The molecule has 0 aliphatic rings. The zero-order chi connectivity index (χ0) is 18.8. The van der Waals surface area contributed by atoms with E-state index >= 15 is 0 Å². The minimum Gasteiger partial charge on any atom is -0.382 e. The molecule has 0 radical (unpaired) electrons. The van der Waals surface area contributed by atoms with Crippen LogP contribution in [0.2, 0.25) is 5.02 Å². The van der Waals surface area contributed by atoms with Crippen molar-refractivity contribution in [2.45, 2.75) is 33.4 Å². The Kier molecular flexibility index (Phi) is 8.37. The molecule has 2 aromatic rings. The maximum absolute atomic E-state index is 5.93. The molecule has 0 aliphatic carbocycles. The lowest BCUT2D eigenvalue weighted by atomic mass is 10.2. The third-order valence-electron chi connectivity index (χ3n) is 3.89. The number of aliphatic imine (C=N–C) groups is 1. The van der Waals surface area contributed by atoms with E-state index < -0.39 is 0 Å². The van der Waals surface area contributed by atoms with Crippen LogP contribution in [0.1, 0.15) is 30.6 Å². The average molecular weight is 379 g/mol. The highest BCUT2D eigenvalue weighted by Crippen LogP contribution is 2.10. The molecule has 1 aromatic carbocycles. The van der Waals surface area contributed by atoms with Gasteiger partial charge in [0.2, 0.25) is 0 Å². The highest BCUT2D eigenvalue weighted by molar-refractivity contribution is 6.30. The predicted molar refractivity (Wildman–Crippen MR) is 104 cm³/mol. The third-order valence-corrected chi connectivity index (χ3v) is 4.14. The van der Waals surface area contributed by atoms with Crippen LogP contribution in [0.5, 0.6) is 0 Å². The molecule has 0 fully saturated rings. The summed E-state index contributed by atoms with van der Waals surface area (Å²) in [4.78, 5) is 4.65. The topological polar surface area (TPSA) is 76.4 Å². The van der Waals surface area contributed by atoms with Crippen LogP contribution in [0.25, 0.3) is 0 Å². The minimum atomic E-state index is 0.551. The molecular formula is C18H27ClN6O. The maximum Gasteiger partial charge on any atom is 0.191 e. The zero-order valence-corrected chi connectivity index (χ0v) is 16.4. The maximum atomic E-state index is 5.93. The van der Waals surface area contributed by atoms with Crippen LogP contribution >= 0.6 is 11.6 Å². The molecule has 1 aromatic heterocycles. The second kappa shape index (κ2) is 10.8. The fraction of sp³-hybridized carbons (Fsp3) is 0.500. The molecule has 0 unspecified atom stereocenters. The largest absolute Gasteiger partial charge is 0.382 e. The number of rotatable bonds is 9.